The highest BCUT2D eigenvalue weighted by Crippen LogP contribution is 2.22. The van der Waals surface area contributed by atoms with E-state index in [1.165, 1.54) is 12.8 Å². The molecule has 28 heavy (non-hydrogen) atoms. The molecule has 0 bridgehead atoms. The van der Waals surface area contributed by atoms with Crippen molar-refractivity contribution in [1.29, 1.82) is 0 Å². The van der Waals surface area contributed by atoms with E-state index in [4.69, 9.17) is 4.52 Å². The molecule has 3 heterocycles. The van der Waals surface area contributed by atoms with Gasteiger partial charge < -0.3 is 14.7 Å². The van der Waals surface area contributed by atoms with Crippen LogP contribution in [-0.2, 0) is 13.0 Å². The first-order valence-electron chi connectivity index (χ1n) is 9.64. The Morgan fingerprint density at radius 1 is 1.14 bits per heavy atom. The molecule has 3 aromatic rings. The molecule has 2 aromatic heterocycles. The van der Waals surface area contributed by atoms with E-state index in [9.17, 15) is 4.79 Å². The third-order valence-electron chi connectivity index (χ3n) is 4.89. The van der Waals surface area contributed by atoms with Crippen LogP contribution in [0.5, 0.6) is 0 Å². The Labute approximate surface area is 163 Å². The molecule has 0 spiro atoms. The summed E-state index contributed by atoms with van der Waals surface area (Å²) in [5, 5.41) is 15.5. The van der Waals surface area contributed by atoms with E-state index in [1.54, 1.807) is 6.07 Å². The first-order chi connectivity index (χ1) is 13.7. The molecule has 1 amide bonds. The van der Waals surface area contributed by atoms with Gasteiger partial charge in [0.2, 0.25) is 0 Å². The summed E-state index contributed by atoms with van der Waals surface area (Å²) < 4.78 is 5.20. The minimum absolute atomic E-state index is 0.169. The van der Waals surface area contributed by atoms with Crippen LogP contribution in [0, 0.1) is 0 Å². The standard InChI is InChI=1S/C21H23N5O2/c1-2-17-13-18(28-25-17)14-22-21(27)16-7-5-6-15(12-16)19-8-9-20(24-23-19)26-10-3-4-11-26/h5-9,12-13H,2-4,10-11,14H2,1H3,(H,22,27). The quantitative estimate of drug-likeness (QED) is 0.710. The smallest absolute Gasteiger partial charge is 0.251 e. The zero-order valence-corrected chi connectivity index (χ0v) is 15.9. The maximum Gasteiger partial charge on any atom is 0.251 e. The molecule has 0 aliphatic carbocycles. The fourth-order valence-corrected chi connectivity index (χ4v) is 3.29. The van der Waals surface area contributed by atoms with Crippen molar-refractivity contribution >= 4 is 11.7 Å². The van der Waals surface area contributed by atoms with Gasteiger partial charge in [0, 0.05) is 30.3 Å². The van der Waals surface area contributed by atoms with Crippen LogP contribution < -0.4 is 10.2 Å². The number of rotatable bonds is 6. The Hall–Kier alpha value is -3.22. The lowest BCUT2D eigenvalue weighted by molar-refractivity contribution is 0.0947. The number of amides is 1. The van der Waals surface area contributed by atoms with E-state index < -0.39 is 0 Å². The molecular weight excluding hydrogens is 354 g/mol. The van der Waals surface area contributed by atoms with Crippen molar-refractivity contribution in [2.75, 3.05) is 18.0 Å². The van der Waals surface area contributed by atoms with Crippen molar-refractivity contribution in [3.63, 3.8) is 0 Å². The minimum Gasteiger partial charge on any atom is -0.359 e. The van der Waals surface area contributed by atoms with Crippen LogP contribution in [0.15, 0.2) is 47.0 Å². The second kappa shape index (κ2) is 8.21. The Balaban J connectivity index is 1.43. The predicted octanol–water partition coefficient (Wildman–Crippen LogP) is 3.22. The molecule has 0 unspecified atom stereocenters. The zero-order valence-electron chi connectivity index (χ0n) is 15.9. The maximum absolute atomic E-state index is 12.5. The molecule has 1 saturated heterocycles. The predicted molar refractivity (Wildman–Crippen MR) is 106 cm³/mol. The molecule has 0 radical (unpaired) electrons. The number of aryl methyl sites for hydroxylation is 1. The van der Waals surface area contributed by atoms with Crippen LogP contribution in [-0.4, -0.2) is 34.4 Å². The number of hydrogen-bond acceptors (Lipinski definition) is 6. The molecule has 1 aliphatic heterocycles. The molecule has 144 valence electrons. The topological polar surface area (TPSA) is 84.2 Å². The third-order valence-corrected chi connectivity index (χ3v) is 4.89. The van der Waals surface area contributed by atoms with Gasteiger partial charge in [0.15, 0.2) is 11.6 Å². The van der Waals surface area contributed by atoms with Crippen molar-refractivity contribution in [3.05, 3.63) is 59.5 Å². The lowest BCUT2D eigenvalue weighted by Crippen LogP contribution is -2.22. The van der Waals surface area contributed by atoms with Gasteiger partial charge in [0.1, 0.15) is 0 Å². The molecule has 1 aliphatic rings. The first kappa shape index (κ1) is 18.2. The minimum atomic E-state index is -0.169. The van der Waals surface area contributed by atoms with Gasteiger partial charge in [0.25, 0.3) is 5.91 Å². The molecular formula is C21H23N5O2. The summed E-state index contributed by atoms with van der Waals surface area (Å²) in [7, 11) is 0. The van der Waals surface area contributed by atoms with Crippen LogP contribution in [0.4, 0.5) is 5.82 Å². The average molecular weight is 377 g/mol. The number of nitrogens with one attached hydrogen (secondary N) is 1. The van der Waals surface area contributed by atoms with Crippen molar-refractivity contribution in [3.8, 4) is 11.3 Å². The van der Waals surface area contributed by atoms with Crippen LogP contribution in [0.2, 0.25) is 0 Å². The Morgan fingerprint density at radius 2 is 2.00 bits per heavy atom. The second-order valence-corrected chi connectivity index (χ2v) is 6.87. The molecule has 4 rings (SSSR count). The van der Waals surface area contributed by atoms with Crippen LogP contribution >= 0.6 is 0 Å². The number of carbonyl (C=O) groups is 1. The normalized spacial score (nSPS) is 13.7. The maximum atomic E-state index is 12.5. The van der Waals surface area contributed by atoms with Crippen LogP contribution in [0.25, 0.3) is 11.3 Å². The number of benzene rings is 1. The molecule has 1 N–H and O–H groups in total. The highest BCUT2D eigenvalue weighted by molar-refractivity contribution is 5.95. The van der Waals surface area contributed by atoms with E-state index in [1.807, 2.05) is 43.3 Å². The second-order valence-electron chi connectivity index (χ2n) is 6.87. The van der Waals surface area contributed by atoms with Crippen LogP contribution in [0.1, 0.15) is 41.6 Å². The number of hydrogen-bond donors (Lipinski definition) is 1. The number of aromatic nitrogens is 3. The van der Waals surface area contributed by atoms with Gasteiger partial charge in [-0.25, -0.2) is 0 Å². The molecule has 0 atom stereocenters. The number of carbonyl (C=O) groups excluding carboxylic acids is 1. The van der Waals surface area contributed by atoms with E-state index in [2.05, 4.69) is 25.6 Å². The summed E-state index contributed by atoms with van der Waals surface area (Å²) in [5.41, 5.74) is 3.06. The Bertz CT molecular complexity index is 945. The highest BCUT2D eigenvalue weighted by atomic mass is 16.5. The monoisotopic (exact) mass is 377 g/mol. The molecule has 7 nitrogen and oxygen atoms in total. The summed E-state index contributed by atoms with van der Waals surface area (Å²) in [6.45, 7) is 4.38. The summed E-state index contributed by atoms with van der Waals surface area (Å²) >= 11 is 0. The average Bonchev–Trinajstić information content (AvgIpc) is 3.44. The fraction of sp³-hybridized carbons (Fsp3) is 0.333. The van der Waals surface area contributed by atoms with Crippen molar-refractivity contribution in [1.82, 2.24) is 20.7 Å². The summed E-state index contributed by atoms with van der Waals surface area (Å²) in [5.74, 6) is 1.39. The van der Waals surface area contributed by atoms with E-state index in [0.717, 1.165) is 42.3 Å². The first-order valence-corrected chi connectivity index (χ1v) is 9.64. The van der Waals surface area contributed by atoms with E-state index in [-0.39, 0.29) is 5.91 Å². The van der Waals surface area contributed by atoms with Gasteiger partial charge in [-0.3, -0.25) is 4.79 Å². The van der Waals surface area contributed by atoms with Crippen molar-refractivity contribution in [2.24, 2.45) is 0 Å². The van der Waals surface area contributed by atoms with Crippen LogP contribution in [0.3, 0.4) is 0 Å². The summed E-state index contributed by atoms with van der Waals surface area (Å²) in [6.07, 6.45) is 3.21. The molecule has 1 aromatic carbocycles. The molecule has 7 heteroatoms. The molecule has 1 fully saturated rings. The third kappa shape index (κ3) is 4.03. The number of anilines is 1. The van der Waals surface area contributed by atoms with Crippen molar-refractivity contribution < 1.29 is 9.32 Å². The van der Waals surface area contributed by atoms with Gasteiger partial charge in [-0.1, -0.05) is 24.2 Å². The Kier molecular flexibility index (Phi) is 5.32. The summed E-state index contributed by atoms with van der Waals surface area (Å²) in [4.78, 5) is 14.7. The largest absolute Gasteiger partial charge is 0.359 e. The van der Waals surface area contributed by atoms with E-state index in [0.29, 0.717) is 17.9 Å². The summed E-state index contributed by atoms with van der Waals surface area (Å²) in [6, 6.07) is 13.2. The Morgan fingerprint density at radius 3 is 2.71 bits per heavy atom. The van der Waals surface area contributed by atoms with Gasteiger partial charge in [-0.15, -0.1) is 10.2 Å². The van der Waals surface area contributed by atoms with Gasteiger partial charge in [-0.05, 0) is 43.5 Å². The SMILES string of the molecule is CCc1cc(CNC(=O)c2cccc(-c3ccc(N4CCCC4)nn3)c2)on1. The highest BCUT2D eigenvalue weighted by Gasteiger charge is 2.14. The number of nitrogens with zero attached hydrogens (tertiary/aromatic N) is 4. The van der Waals surface area contributed by atoms with Gasteiger partial charge in [0.05, 0.1) is 17.9 Å². The van der Waals surface area contributed by atoms with Crippen molar-refractivity contribution in [2.45, 2.75) is 32.7 Å². The van der Waals surface area contributed by atoms with Gasteiger partial charge >= 0.3 is 0 Å². The van der Waals surface area contributed by atoms with Gasteiger partial charge in [-0.2, -0.15) is 0 Å². The fourth-order valence-electron chi connectivity index (χ4n) is 3.29. The lowest BCUT2D eigenvalue weighted by atomic mass is 10.1. The zero-order chi connectivity index (χ0) is 19.3. The van der Waals surface area contributed by atoms with E-state index >= 15 is 0 Å². The molecule has 0 saturated carbocycles. The lowest BCUT2D eigenvalue weighted by Gasteiger charge is -2.15.